The smallest absolute Gasteiger partial charge is 0.253 e. The van der Waals surface area contributed by atoms with Gasteiger partial charge in [0.1, 0.15) is 0 Å². The second kappa shape index (κ2) is 6.08. The fourth-order valence-electron chi connectivity index (χ4n) is 1.64. The maximum atomic E-state index is 12.0. The van der Waals surface area contributed by atoms with Crippen molar-refractivity contribution in [1.29, 1.82) is 0 Å². The average molecular weight is 340 g/mol. The van der Waals surface area contributed by atoms with Crippen LogP contribution in [0.25, 0.3) is 0 Å². The van der Waals surface area contributed by atoms with Crippen LogP contribution in [0.4, 0.5) is 5.69 Å². The summed E-state index contributed by atoms with van der Waals surface area (Å²) in [5.41, 5.74) is 7.45. The van der Waals surface area contributed by atoms with Gasteiger partial charge in [-0.2, -0.15) is 0 Å². The Labute approximate surface area is 124 Å². The summed E-state index contributed by atoms with van der Waals surface area (Å²) in [6.07, 6.45) is 0. The van der Waals surface area contributed by atoms with Gasteiger partial charge in [-0.1, -0.05) is 51.8 Å². The number of carbonyl (C=O) groups is 1. The van der Waals surface area contributed by atoms with Crippen molar-refractivity contribution in [3.63, 3.8) is 0 Å². The first-order valence-corrected chi connectivity index (χ1v) is 6.82. The first-order valence-electron chi connectivity index (χ1n) is 5.65. The molecule has 2 rings (SSSR count). The highest BCUT2D eigenvalue weighted by molar-refractivity contribution is 9.10. The highest BCUT2D eigenvalue weighted by Gasteiger charge is 2.12. The van der Waals surface area contributed by atoms with Crippen LogP contribution in [0.1, 0.15) is 15.9 Å². The number of rotatable bonds is 3. The summed E-state index contributed by atoms with van der Waals surface area (Å²) in [4.78, 5) is 12.0. The molecule has 0 saturated heterocycles. The summed E-state index contributed by atoms with van der Waals surface area (Å²) >= 11 is 9.44. The van der Waals surface area contributed by atoms with E-state index in [1.54, 1.807) is 18.2 Å². The Hall–Kier alpha value is -1.52. The lowest BCUT2D eigenvalue weighted by Crippen LogP contribution is -2.23. The van der Waals surface area contributed by atoms with Crippen molar-refractivity contribution in [2.45, 2.75) is 6.54 Å². The van der Waals surface area contributed by atoms with E-state index in [4.69, 9.17) is 17.3 Å². The largest absolute Gasteiger partial charge is 0.398 e. The van der Waals surface area contributed by atoms with Crippen molar-refractivity contribution < 1.29 is 4.79 Å². The van der Waals surface area contributed by atoms with Crippen LogP contribution in [0.5, 0.6) is 0 Å². The maximum Gasteiger partial charge on any atom is 0.253 e. The molecule has 0 aliphatic rings. The topological polar surface area (TPSA) is 55.1 Å². The zero-order valence-corrected chi connectivity index (χ0v) is 12.3. The van der Waals surface area contributed by atoms with Gasteiger partial charge in [-0.15, -0.1) is 0 Å². The molecule has 0 heterocycles. The minimum atomic E-state index is -0.243. The Kier molecular flexibility index (Phi) is 4.45. The quantitative estimate of drug-likeness (QED) is 0.839. The third-order valence-corrected chi connectivity index (χ3v) is 3.87. The number of amides is 1. The van der Waals surface area contributed by atoms with E-state index in [9.17, 15) is 4.79 Å². The molecule has 98 valence electrons. The number of nitrogens with two attached hydrogens (primary N) is 1. The molecule has 2 aromatic carbocycles. The lowest BCUT2D eigenvalue weighted by atomic mass is 10.1. The number of nitrogen functional groups attached to an aromatic ring is 1. The van der Waals surface area contributed by atoms with Crippen LogP contribution < -0.4 is 11.1 Å². The zero-order chi connectivity index (χ0) is 13.8. The van der Waals surface area contributed by atoms with Crippen molar-refractivity contribution >= 4 is 39.1 Å². The second-order valence-electron chi connectivity index (χ2n) is 3.98. The molecular formula is C14H12BrClN2O. The fourth-order valence-corrected chi connectivity index (χ4v) is 2.27. The van der Waals surface area contributed by atoms with Crippen LogP contribution in [-0.2, 0) is 6.54 Å². The van der Waals surface area contributed by atoms with E-state index < -0.39 is 0 Å². The number of hydrogen-bond donors (Lipinski definition) is 2. The van der Waals surface area contributed by atoms with E-state index in [1.165, 1.54) is 0 Å². The number of benzene rings is 2. The molecule has 0 radical (unpaired) electrons. The van der Waals surface area contributed by atoms with E-state index in [0.717, 1.165) is 10.0 Å². The van der Waals surface area contributed by atoms with E-state index in [-0.39, 0.29) is 10.9 Å². The molecule has 0 aromatic heterocycles. The van der Waals surface area contributed by atoms with E-state index in [1.807, 2.05) is 24.3 Å². The molecule has 0 bridgehead atoms. The molecular weight excluding hydrogens is 328 g/mol. The van der Waals surface area contributed by atoms with E-state index in [2.05, 4.69) is 21.2 Å². The molecule has 0 aliphatic carbocycles. The first kappa shape index (κ1) is 13.9. The monoisotopic (exact) mass is 338 g/mol. The molecule has 5 heteroatoms. The molecule has 0 spiro atoms. The van der Waals surface area contributed by atoms with Gasteiger partial charge in [0.25, 0.3) is 5.91 Å². The van der Waals surface area contributed by atoms with Crippen LogP contribution in [-0.4, -0.2) is 5.91 Å². The molecule has 0 saturated carbocycles. The number of nitrogens with one attached hydrogen (secondary N) is 1. The first-order chi connectivity index (χ1) is 9.09. The van der Waals surface area contributed by atoms with Gasteiger partial charge in [-0.25, -0.2) is 0 Å². The highest BCUT2D eigenvalue weighted by atomic mass is 79.9. The highest BCUT2D eigenvalue weighted by Crippen LogP contribution is 2.23. The normalized spacial score (nSPS) is 10.2. The van der Waals surface area contributed by atoms with Crippen LogP contribution >= 0.6 is 27.5 Å². The van der Waals surface area contributed by atoms with Gasteiger partial charge in [0, 0.05) is 11.0 Å². The summed E-state index contributed by atoms with van der Waals surface area (Å²) < 4.78 is 0.953. The average Bonchev–Trinajstić information content (AvgIpc) is 2.40. The minimum Gasteiger partial charge on any atom is -0.398 e. The van der Waals surface area contributed by atoms with Gasteiger partial charge in [-0.05, 0) is 23.8 Å². The van der Waals surface area contributed by atoms with Crippen molar-refractivity contribution in [3.8, 4) is 0 Å². The molecule has 1 amide bonds. The van der Waals surface area contributed by atoms with Gasteiger partial charge in [-0.3, -0.25) is 4.79 Å². The lowest BCUT2D eigenvalue weighted by Gasteiger charge is -2.09. The molecule has 3 N–H and O–H groups in total. The third-order valence-electron chi connectivity index (χ3n) is 2.67. The molecule has 19 heavy (non-hydrogen) atoms. The number of anilines is 1. The molecule has 2 aromatic rings. The third kappa shape index (κ3) is 3.28. The Morgan fingerprint density at radius 3 is 2.68 bits per heavy atom. The molecule has 0 aliphatic heterocycles. The Bertz CT molecular complexity index is 616. The Balaban J connectivity index is 2.10. The van der Waals surface area contributed by atoms with Crippen LogP contribution in [0, 0.1) is 0 Å². The van der Waals surface area contributed by atoms with Gasteiger partial charge in [0.15, 0.2) is 0 Å². The zero-order valence-electron chi connectivity index (χ0n) is 9.99. The van der Waals surface area contributed by atoms with Gasteiger partial charge in [0.05, 0.1) is 16.3 Å². The molecule has 0 atom stereocenters. The van der Waals surface area contributed by atoms with Crippen LogP contribution in [0.3, 0.4) is 0 Å². The second-order valence-corrected chi connectivity index (χ2v) is 5.22. The number of hydrogen-bond acceptors (Lipinski definition) is 2. The number of carbonyl (C=O) groups excluding carboxylic acids is 1. The molecule has 0 unspecified atom stereocenters. The van der Waals surface area contributed by atoms with Crippen LogP contribution in [0.2, 0.25) is 5.02 Å². The SMILES string of the molecule is Nc1cccc(C(=O)NCc2ccccc2Br)c1Cl. The Morgan fingerprint density at radius 1 is 1.21 bits per heavy atom. The Morgan fingerprint density at radius 2 is 1.95 bits per heavy atom. The van der Waals surface area contributed by atoms with Gasteiger partial charge >= 0.3 is 0 Å². The van der Waals surface area contributed by atoms with Crippen LogP contribution in [0.15, 0.2) is 46.9 Å². The minimum absolute atomic E-state index is 0.243. The summed E-state index contributed by atoms with van der Waals surface area (Å²) in [6.45, 7) is 0.422. The van der Waals surface area contributed by atoms with Crippen molar-refractivity contribution in [3.05, 3.63) is 63.1 Å². The summed E-state index contributed by atoms with van der Waals surface area (Å²) in [7, 11) is 0. The predicted molar refractivity (Wildman–Crippen MR) is 81.2 cm³/mol. The van der Waals surface area contributed by atoms with E-state index in [0.29, 0.717) is 17.8 Å². The van der Waals surface area contributed by atoms with Gasteiger partial charge < -0.3 is 11.1 Å². The standard InChI is InChI=1S/C14H12BrClN2O/c15-11-6-2-1-4-9(11)8-18-14(19)10-5-3-7-12(17)13(10)16/h1-7H,8,17H2,(H,18,19). The summed E-state index contributed by atoms with van der Waals surface area (Å²) in [6, 6.07) is 12.7. The lowest BCUT2D eigenvalue weighted by molar-refractivity contribution is 0.0951. The molecule has 3 nitrogen and oxygen atoms in total. The van der Waals surface area contributed by atoms with Crippen molar-refractivity contribution in [2.24, 2.45) is 0 Å². The van der Waals surface area contributed by atoms with Gasteiger partial charge in [0.2, 0.25) is 0 Å². The maximum absolute atomic E-state index is 12.0. The van der Waals surface area contributed by atoms with Crippen molar-refractivity contribution in [1.82, 2.24) is 5.32 Å². The van der Waals surface area contributed by atoms with Crippen molar-refractivity contribution in [2.75, 3.05) is 5.73 Å². The number of halogens is 2. The molecule has 0 fully saturated rings. The summed E-state index contributed by atoms with van der Waals surface area (Å²) in [5.74, 6) is -0.243. The summed E-state index contributed by atoms with van der Waals surface area (Å²) in [5, 5.41) is 3.10. The fraction of sp³-hybridized carbons (Fsp3) is 0.0714. The predicted octanol–water partition coefficient (Wildman–Crippen LogP) is 3.61. The van der Waals surface area contributed by atoms with E-state index >= 15 is 0 Å².